The highest BCUT2D eigenvalue weighted by molar-refractivity contribution is 7.89. The van der Waals surface area contributed by atoms with Gasteiger partial charge in [-0.05, 0) is 25.1 Å². The first-order chi connectivity index (χ1) is 10.0. The molecule has 0 saturated heterocycles. The molecule has 1 heterocycles. The van der Waals surface area contributed by atoms with Crippen molar-refractivity contribution in [2.45, 2.75) is 18.4 Å². The summed E-state index contributed by atoms with van der Waals surface area (Å²) < 4.78 is 31.7. The second-order valence-corrected chi connectivity index (χ2v) is 6.05. The van der Waals surface area contributed by atoms with Crippen molar-refractivity contribution in [1.82, 2.24) is 9.88 Å². The van der Waals surface area contributed by atoms with Crippen LogP contribution in [0.2, 0.25) is 0 Å². The van der Waals surface area contributed by atoms with E-state index in [0.29, 0.717) is 17.0 Å². The third-order valence-corrected chi connectivity index (χ3v) is 4.00. The zero-order valence-corrected chi connectivity index (χ0v) is 12.3. The molecule has 0 fully saturated rings. The molecule has 3 N–H and O–H groups in total. The van der Waals surface area contributed by atoms with Gasteiger partial charge in [0.25, 0.3) is 0 Å². The van der Waals surface area contributed by atoms with E-state index in [-0.39, 0.29) is 18.0 Å². The molecule has 110 valence electrons. The fourth-order valence-electron chi connectivity index (χ4n) is 1.65. The van der Waals surface area contributed by atoms with E-state index >= 15 is 0 Å². The molecular formula is C14H15N3O3S. The van der Waals surface area contributed by atoms with Gasteiger partial charge >= 0.3 is 0 Å². The molecule has 0 saturated carbocycles. The van der Waals surface area contributed by atoms with Crippen LogP contribution >= 0.6 is 0 Å². The smallest absolute Gasteiger partial charge is 0.240 e. The fraction of sp³-hybridized carbons (Fsp3) is 0.214. The maximum absolute atomic E-state index is 12.2. The first-order valence-corrected chi connectivity index (χ1v) is 7.70. The Bertz CT molecular complexity index is 785. The number of aromatic nitrogens is 1. The average molecular weight is 305 g/mol. The molecule has 1 aromatic heterocycles. The summed E-state index contributed by atoms with van der Waals surface area (Å²) in [5.74, 6) is 6.11. The SMILES string of the molecule is Cc1cc(CNS(=O)(=O)c2cccc(C#CCN)c2)no1. The molecule has 0 amide bonds. The number of nitrogens with one attached hydrogen (secondary N) is 1. The van der Waals surface area contributed by atoms with Crippen LogP contribution < -0.4 is 10.5 Å². The molecule has 21 heavy (non-hydrogen) atoms. The molecule has 0 bridgehead atoms. The quantitative estimate of drug-likeness (QED) is 0.813. The number of rotatable bonds is 4. The molecule has 0 spiro atoms. The number of nitrogens with two attached hydrogens (primary N) is 1. The third-order valence-electron chi connectivity index (χ3n) is 2.60. The molecule has 2 aromatic rings. The van der Waals surface area contributed by atoms with Crippen molar-refractivity contribution < 1.29 is 12.9 Å². The summed E-state index contributed by atoms with van der Waals surface area (Å²) in [5, 5.41) is 3.73. The average Bonchev–Trinajstić information content (AvgIpc) is 2.89. The Hall–Kier alpha value is -2.14. The monoisotopic (exact) mass is 305 g/mol. The third kappa shape index (κ3) is 4.16. The van der Waals surface area contributed by atoms with Gasteiger partial charge in [-0.3, -0.25) is 0 Å². The summed E-state index contributed by atoms with van der Waals surface area (Å²) in [4.78, 5) is 0.145. The summed E-state index contributed by atoms with van der Waals surface area (Å²) >= 11 is 0. The molecule has 0 radical (unpaired) electrons. The Morgan fingerprint density at radius 3 is 2.86 bits per heavy atom. The van der Waals surface area contributed by atoms with E-state index in [2.05, 4.69) is 21.7 Å². The van der Waals surface area contributed by atoms with Gasteiger partial charge in [0.1, 0.15) is 5.76 Å². The van der Waals surface area contributed by atoms with Crippen LogP contribution in [-0.4, -0.2) is 20.1 Å². The van der Waals surface area contributed by atoms with Gasteiger partial charge in [-0.2, -0.15) is 0 Å². The summed E-state index contributed by atoms with van der Waals surface area (Å²) in [7, 11) is -3.63. The van der Waals surface area contributed by atoms with Crippen molar-refractivity contribution in [2.75, 3.05) is 6.54 Å². The molecule has 1 aromatic carbocycles. The van der Waals surface area contributed by atoms with Crippen LogP contribution in [0.25, 0.3) is 0 Å². The second-order valence-electron chi connectivity index (χ2n) is 4.29. The lowest BCUT2D eigenvalue weighted by molar-refractivity contribution is 0.390. The molecule has 2 rings (SSSR count). The highest BCUT2D eigenvalue weighted by Crippen LogP contribution is 2.11. The van der Waals surface area contributed by atoms with Gasteiger partial charge in [-0.25, -0.2) is 13.1 Å². The van der Waals surface area contributed by atoms with Crippen molar-refractivity contribution in [3.8, 4) is 11.8 Å². The summed E-state index contributed by atoms with van der Waals surface area (Å²) in [6, 6.07) is 8.03. The number of nitrogens with zero attached hydrogens (tertiary/aromatic N) is 1. The predicted octanol–water partition coefficient (Wildman–Crippen LogP) is 0.772. The van der Waals surface area contributed by atoms with Gasteiger partial charge in [0, 0.05) is 11.6 Å². The van der Waals surface area contributed by atoms with Crippen molar-refractivity contribution in [3.63, 3.8) is 0 Å². The Morgan fingerprint density at radius 1 is 1.38 bits per heavy atom. The Morgan fingerprint density at radius 2 is 2.19 bits per heavy atom. The molecule has 7 heteroatoms. The largest absolute Gasteiger partial charge is 0.361 e. The minimum Gasteiger partial charge on any atom is -0.361 e. The fourth-order valence-corrected chi connectivity index (χ4v) is 2.69. The zero-order chi connectivity index (χ0) is 15.3. The lowest BCUT2D eigenvalue weighted by Gasteiger charge is -2.05. The molecule has 0 atom stereocenters. The number of hydrogen-bond donors (Lipinski definition) is 2. The van der Waals surface area contributed by atoms with Gasteiger partial charge in [0.05, 0.1) is 23.7 Å². The molecule has 0 aliphatic rings. The molecule has 6 nitrogen and oxygen atoms in total. The van der Waals surface area contributed by atoms with Gasteiger partial charge in [-0.15, -0.1) is 0 Å². The van der Waals surface area contributed by atoms with Crippen molar-refractivity contribution in [1.29, 1.82) is 0 Å². The molecule has 0 unspecified atom stereocenters. The number of sulfonamides is 1. The summed E-state index contributed by atoms with van der Waals surface area (Å²) in [6.07, 6.45) is 0. The first-order valence-electron chi connectivity index (χ1n) is 6.22. The van der Waals surface area contributed by atoms with Crippen LogP contribution in [0.1, 0.15) is 17.0 Å². The van der Waals surface area contributed by atoms with Gasteiger partial charge in [0.15, 0.2) is 0 Å². The van der Waals surface area contributed by atoms with E-state index in [9.17, 15) is 8.42 Å². The van der Waals surface area contributed by atoms with Crippen LogP contribution in [0.15, 0.2) is 39.8 Å². The lowest BCUT2D eigenvalue weighted by atomic mass is 10.2. The molecule has 0 aliphatic heterocycles. The van der Waals surface area contributed by atoms with Crippen LogP contribution in [0.5, 0.6) is 0 Å². The maximum atomic E-state index is 12.2. The topological polar surface area (TPSA) is 98.2 Å². The minimum absolute atomic E-state index is 0.0678. The Kier molecular flexibility index (Phi) is 4.75. The van der Waals surface area contributed by atoms with Gasteiger partial charge < -0.3 is 10.3 Å². The number of hydrogen-bond acceptors (Lipinski definition) is 5. The highest BCUT2D eigenvalue weighted by atomic mass is 32.2. The summed E-state index contributed by atoms with van der Waals surface area (Å²) in [5.41, 5.74) is 6.42. The van der Waals surface area contributed by atoms with Gasteiger partial charge in [-0.1, -0.05) is 23.1 Å². The Labute approximate surface area is 123 Å². The van der Waals surface area contributed by atoms with Crippen LogP contribution in [0, 0.1) is 18.8 Å². The van der Waals surface area contributed by atoms with Crippen LogP contribution in [0.4, 0.5) is 0 Å². The lowest BCUT2D eigenvalue weighted by Crippen LogP contribution is -2.23. The van der Waals surface area contributed by atoms with E-state index < -0.39 is 10.0 Å². The van der Waals surface area contributed by atoms with E-state index in [1.165, 1.54) is 12.1 Å². The number of aryl methyl sites for hydroxylation is 1. The van der Waals surface area contributed by atoms with Crippen molar-refractivity contribution in [3.05, 3.63) is 47.3 Å². The maximum Gasteiger partial charge on any atom is 0.240 e. The molecule has 0 aliphatic carbocycles. The zero-order valence-electron chi connectivity index (χ0n) is 11.5. The molecular weight excluding hydrogens is 290 g/mol. The van der Waals surface area contributed by atoms with E-state index in [4.69, 9.17) is 10.3 Å². The van der Waals surface area contributed by atoms with E-state index in [1.54, 1.807) is 25.1 Å². The summed E-state index contributed by atoms with van der Waals surface area (Å²) in [6.45, 7) is 2.03. The normalized spacial score (nSPS) is 11.0. The Balaban J connectivity index is 2.15. The van der Waals surface area contributed by atoms with E-state index in [0.717, 1.165) is 0 Å². The van der Waals surface area contributed by atoms with Crippen molar-refractivity contribution >= 4 is 10.0 Å². The highest BCUT2D eigenvalue weighted by Gasteiger charge is 2.14. The minimum atomic E-state index is -3.63. The van der Waals surface area contributed by atoms with E-state index in [1.807, 2.05) is 0 Å². The standard InChI is InChI=1S/C14H15N3O3S/c1-11-8-13(17-20-11)10-16-21(18,19)14-6-2-4-12(9-14)5-3-7-15/h2,4,6,8-9,16H,7,10,15H2,1H3. The van der Waals surface area contributed by atoms with Crippen molar-refractivity contribution in [2.24, 2.45) is 5.73 Å². The number of benzene rings is 1. The first kappa shape index (κ1) is 15.3. The predicted molar refractivity (Wildman–Crippen MR) is 77.6 cm³/mol. The van der Waals surface area contributed by atoms with Crippen LogP contribution in [-0.2, 0) is 16.6 Å². The van der Waals surface area contributed by atoms with Crippen LogP contribution in [0.3, 0.4) is 0 Å². The van der Waals surface area contributed by atoms with Gasteiger partial charge in [0.2, 0.25) is 10.0 Å². The second kappa shape index (κ2) is 6.54.